The molecule has 29 heavy (non-hydrogen) atoms. The van der Waals surface area contributed by atoms with Crippen LogP contribution in [0.4, 0.5) is 0 Å². The molecule has 1 fully saturated rings. The van der Waals surface area contributed by atoms with Crippen LogP contribution in [0.3, 0.4) is 0 Å². The van der Waals surface area contributed by atoms with Crippen LogP contribution in [0.1, 0.15) is 17.9 Å². The Balaban J connectivity index is 2.01. The molecule has 0 radical (unpaired) electrons. The number of nitrogens with zero attached hydrogens (tertiary/aromatic N) is 1. The molecule has 3 aromatic rings. The zero-order chi connectivity index (χ0) is 20.9. The number of halogens is 2. The fraction of sp³-hybridized carbons (Fsp3) is 0.286. The van der Waals surface area contributed by atoms with E-state index in [1.807, 2.05) is 24.1 Å². The van der Waals surface area contributed by atoms with E-state index in [4.69, 9.17) is 4.42 Å². The monoisotopic (exact) mass is 523 g/mol. The van der Waals surface area contributed by atoms with E-state index in [1.165, 1.54) is 12.1 Å². The van der Waals surface area contributed by atoms with E-state index < -0.39 is 5.43 Å². The highest BCUT2D eigenvalue weighted by Crippen LogP contribution is 2.44. The molecule has 0 aliphatic carbocycles. The Morgan fingerprint density at radius 3 is 2.62 bits per heavy atom. The third-order valence-electron chi connectivity index (χ3n) is 5.58. The average molecular weight is 525 g/mol. The zero-order valence-electron chi connectivity index (χ0n) is 15.5. The van der Waals surface area contributed by atoms with Crippen LogP contribution >= 0.6 is 31.9 Å². The number of phenolic OH excluding ortho intramolecular Hbond substituents is 2. The largest absolute Gasteiger partial charge is 0.507 e. The summed E-state index contributed by atoms with van der Waals surface area (Å²) in [6, 6.07) is 7.77. The van der Waals surface area contributed by atoms with Gasteiger partial charge in [0.25, 0.3) is 0 Å². The summed E-state index contributed by atoms with van der Waals surface area (Å²) < 4.78 is 7.72. The molecular weight excluding hydrogens is 506 g/mol. The number of aromatic hydroxyl groups is 2. The molecule has 1 aliphatic heterocycles. The molecule has 2 aromatic carbocycles. The van der Waals surface area contributed by atoms with Crippen LogP contribution < -0.4 is 5.43 Å². The van der Waals surface area contributed by atoms with E-state index in [0.29, 0.717) is 23.3 Å². The van der Waals surface area contributed by atoms with Gasteiger partial charge in [0.2, 0.25) is 0 Å². The van der Waals surface area contributed by atoms with Crippen LogP contribution in [0, 0.1) is 0 Å². The van der Waals surface area contributed by atoms with Crippen molar-refractivity contribution in [2.24, 2.45) is 0 Å². The summed E-state index contributed by atoms with van der Waals surface area (Å²) >= 11 is 6.89. The van der Waals surface area contributed by atoms with Gasteiger partial charge in [-0.05, 0) is 54.1 Å². The Labute approximate surface area is 183 Å². The van der Waals surface area contributed by atoms with Crippen LogP contribution in [0.15, 0.2) is 48.5 Å². The Morgan fingerprint density at radius 2 is 1.93 bits per heavy atom. The predicted octanol–water partition coefficient (Wildman–Crippen LogP) is 4.18. The minimum Gasteiger partial charge on any atom is -0.507 e. The van der Waals surface area contributed by atoms with Gasteiger partial charge in [-0.3, -0.25) is 4.79 Å². The second kappa shape index (κ2) is 7.75. The molecule has 3 N–H and O–H groups in total. The number of rotatable bonds is 3. The van der Waals surface area contributed by atoms with Crippen molar-refractivity contribution in [2.45, 2.75) is 18.4 Å². The fourth-order valence-electron chi connectivity index (χ4n) is 4.11. The Bertz CT molecular complexity index is 1160. The van der Waals surface area contributed by atoms with E-state index in [1.54, 1.807) is 6.07 Å². The molecule has 152 valence electrons. The quantitative estimate of drug-likeness (QED) is 0.476. The standard InChI is InChI=1S/C21H19Br2NO5/c1-24-5-4-12(14(24)9-25)19-15(26)7-16(27)20-17(28)8-18(29-21(19)20)11-3-2-10(22)6-13(11)23/h2-3,6-8,12,14,25-27H,4-5,9H2,1H3/t12-,14+/m1/s1. The summed E-state index contributed by atoms with van der Waals surface area (Å²) in [5, 5.41) is 30.9. The van der Waals surface area contributed by atoms with Gasteiger partial charge in [-0.1, -0.05) is 15.9 Å². The number of aliphatic hydroxyl groups is 1. The van der Waals surface area contributed by atoms with Crippen LogP contribution in [0.2, 0.25) is 0 Å². The molecule has 6 nitrogen and oxygen atoms in total. The van der Waals surface area contributed by atoms with E-state index in [9.17, 15) is 20.1 Å². The summed E-state index contributed by atoms with van der Waals surface area (Å²) in [7, 11) is 1.90. The Hall–Kier alpha value is -1.87. The maximum absolute atomic E-state index is 12.9. The van der Waals surface area contributed by atoms with Gasteiger partial charge in [0.05, 0.1) is 6.61 Å². The van der Waals surface area contributed by atoms with Crippen molar-refractivity contribution in [3.8, 4) is 22.8 Å². The van der Waals surface area contributed by atoms with Crippen LogP contribution in [0.25, 0.3) is 22.3 Å². The van der Waals surface area contributed by atoms with Gasteiger partial charge in [-0.2, -0.15) is 0 Å². The number of hydrogen-bond acceptors (Lipinski definition) is 6. The highest BCUT2D eigenvalue weighted by atomic mass is 79.9. The minimum absolute atomic E-state index is 0.0287. The van der Waals surface area contributed by atoms with Crippen molar-refractivity contribution in [3.63, 3.8) is 0 Å². The molecular formula is C21H19Br2NO5. The van der Waals surface area contributed by atoms with Gasteiger partial charge >= 0.3 is 0 Å². The molecule has 2 heterocycles. The van der Waals surface area contributed by atoms with Crippen LogP contribution in [0.5, 0.6) is 11.5 Å². The third kappa shape index (κ3) is 3.48. The Morgan fingerprint density at radius 1 is 1.17 bits per heavy atom. The number of phenols is 2. The highest BCUT2D eigenvalue weighted by molar-refractivity contribution is 9.11. The SMILES string of the molecule is CN1CC[C@@H](c2c(O)cc(O)c3c(=O)cc(-c4ccc(Br)cc4Br)oc23)[C@@H]1CO. The van der Waals surface area contributed by atoms with Crippen molar-refractivity contribution in [1.82, 2.24) is 4.90 Å². The van der Waals surface area contributed by atoms with Gasteiger partial charge in [-0.15, -0.1) is 0 Å². The summed E-state index contributed by atoms with van der Waals surface area (Å²) in [6.07, 6.45) is 0.686. The van der Waals surface area contributed by atoms with Gasteiger partial charge < -0.3 is 24.6 Å². The number of likely N-dealkylation sites (tertiary alicyclic amines) is 1. The van der Waals surface area contributed by atoms with E-state index in [-0.39, 0.29) is 41.0 Å². The van der Waals surface area contributed by atoms with E-state index >= 15 is 0 Å². The molecule has 0 unspecified atom stereocenters. The first-order chi connectivity index (χ1) is 13.8. The number of fused-ring (bicyclic) bond motifs is 1. The van der Waals surface area contributed by atoms with E-state index in [0.717, 1.165) is 15.5 Å². The lowest BCUT2D eigenvalue weighted by Gasteiger charge is -2.24. The number of likely N-dealkylation sites (N-methyl/N-ethyl adjacent to an activating group) is 1. The molecule has 2 atom stereocenters. The second-order valence-electron chi connectivity index (χ2n) is 7.26. The number of hydrogen-bond donors (Lipinski definition) is 3. The molecule has 1 aliphatic rings. The van der Waals surface area contributed by atoms with Crippen LogP contribution in [-0.2, 0) is 0 Å². The first-order valence-electron chi connectivity index (χ1n) is 9.11. The van der Waals surface area contributed by atoms with Gasteiger partial charge in [0.15, 0.2) is 5.43 Å². The molecule has 0 spiro atoms. The zero-order valence-corrected chi connectivity index (χ0v) is 18.7. The number of aliphatic hydroxyl groups excluding tert-OH is 1. The highest BCUT2D eigenvalue weighted by Gasteiger charge is 2.36. The molecule has 1 saturated heterocycles. The van der Waals surface area contributed by atoms with Crippen molar-refractivity contribution >= 4 is 42.8 Å². The fourth-order valence-corrected chi connectivity index (χ4v) is 5.36. The minimum atomic E-state index is -0.401. The maximum atomic E-state index is 12.9. The van der Waals surface area contributed by atoms with Crippen molar-refractivity contribution in [2.75, 3.05) is 20.2 Å². The summed E-state index contributed by atoms with van der Waals surface area (Å²) in [4.78, 5) is 14.9. The molecule has 0 saturated carbocycles. The van der Waals surface area contributed by atoms with Gasteiger partial charge in [-0.25, -0.2) is 0 Å². The molecule has 1 aromatic heterocycles. The van der Waals surface area contributed by atoms with Gasteiger partial charge in [0.1, 0.15) is 28.2 Å². The van der Waals surface area contributed by atoms with Gasteiger partial charge in [0, 0.05) is 44.2 Å². The lowest BCUT2D eigenvalue weighted by Crippen LogP contribution is -2.32. The first kappa shape index (κ1) is 20.4. The predicted molar refractivity (Wildman–Crippen MR) is 118 cm³/mol. The Kier molecular flexibility index (Phi) is 5.46. The molecule has 0 bridgehead atoms. The average Bonchev–Trinajstić information content (AvgIpc) is 3.01. The third-order valence-corrected chi connectivity index (χ3v) is 6.73. The summed E-state index contributed by atoms with van der Waals surface area (Å²) in [5.41, 5.74) is 0.858. The molecule has 4 rings (SSSR count). The van der Waals surface area contributed by atoms with Crippen molar-refractivity contribution in [3.05, 3.63) is 55.1 Å². The van der Waals surface area contributed by atoms with E-state index in [2.05, 4.69) is 31.9 Å². The summed E-state index contributed by atoms with van der Waals surface area (Å²) in [5.74, 6) is -0.396. The lowest BCUT2D eigenvalue weighted by molar-refractivity contribution is 0.172. The van der Waals surface area contributed by atoms with Crippen LogP contribution in [-0.4, -0.2) is 46.5 Å². The first-order valence-corrected chi connectivity index (χ1v) is 10.7. The number of benzene rings is 2. The second-order valence-corrected chi connectivity index (χ2v) is 9.03. The van der Waals surface area contributed by atoms with Crippen molar-refractivity contribution < 1.29 is 19.7 Å². The summed E-state index contributed by atoms with van der Waals surface area (Å²) in [6.45, 7) is 0.644. The normalized spacial score (nSPS) is 19.9. The molecule has 8 heteroatoms. The molecule has 0 amide bonds. The maximum Gasteiger partial charge on any atom is 0.197 e. The topological polar surface area (TPSA) is 94.1 Å². The smallest absolute Gasteiger partial charge is 0.197 e. The lowest BCUT2D eigenvalue weighted by atomic mass is 9.89. The van der Waals surface area contributed by atoms with Crippen molar-refractivity contribution in [1.29, 1.82) is 0 Å².